The van der Waals surface area contributed by atoms with E-state index in [1.54, 1.807) is 42.5 Å². The normalized spacial score (nSPS) is 11.2. The zero-order valence-corrected chi connectivity index (χ0v) is 14.6. The van der Waals surface area contributed by atoms with Crippen molar-refractivity contribution >= 4 is 23.5 Å². The van der Waals surface area contributed by atoms with Crippen LogP contribution in [0.4, 0.5) is 10.5 Å². The number of para-hydroxylation sites is 1. The molecule has 1 amide bonds. The van der Waals surface area contributed by atoms with E-state index < -0.39 is 23.8 Å². The largest absolute Gasteiger partial charge is 0.497 e. The highest BCUT2D eigenvalue weighted by Gasteiger charge is 2.32. The van der Waals surface area contributed by atoms with Gasteiger partial charge in [-0.1, -0.05) is 24.3 Å². The van der Waals surface area contributed by atoms with Crippen molar-refractivity contribution in [1.29, 1.82) is 0 Å². The Morgan fingerprint density at radius 3 is 2.12 bits per heavy atom. The smallest absolute Gasteiger partial charge is 0.411 e. The number of carbonyl (C=O) groups is 3. The average molecular weight is 357 g/mol. The van der Waals surface area contributed by atoms with Crippen molar-refractivity contribution in [1.82, 2.24) is 0 Å². The molecule has 0 saturated carbocycles. The number of hydrogen-bond acceptors (Lipinski definition) is 6. The third-order valence-corrected chi connectivity index (χ3v) is 3.76. The molecule has 0 aliphatic rings. The Labute approximate surface area is 150 Å². The lowest BCUT2D eigenvalue weighted by molar-refractivity contribution is -0.141. The zero-order chi connectivity index (χ0) is 19.1. The van der Waals surface area contributed by atoms with Gasteiger partial charge in [-0.15, -0.1) is 0 Å². The maximum atomic E-state index is 13.1. The number of anilines is 1. The molecule has 1 unspecified atom stereocenters. The molecule has 0 heterocycles. The van der Waals surface area contributed by atoms with Gasteiger partial charge in [-0.05, 0) is 29.8 Å². The van der Waals surface area contributed by atoms with Crippen molar-refractivity contribution in [2.75, 3.05) is 26.6 Å². The molecule has 0 radical (unpaired) electrons. The summed E-state index contributed by atoms with van der Waals surface area (Å²) in [5.74, 6) is -1.79. The van der Waals surface area contributed by atoms with Crippen molar-refractivity contribution < 1.29 is 28.6 Å². The number of hydrogen-bond donors (Lipinski definition) is 1. The number of benzene rings is 2. The molecule has 2 rings (SSSR count). The molecule has 0 aliphatic carbocycles. The fourth-order valence-corrected chi connectivity index (χ4v) is 2.43. The average Bonchev–Trinajstić information content (AvgIpc) is 2.68. The van der Waals surface area contributed by atoms with Crippen LogP contribution < -0.4 is 10.1 Å². The number of esters is 1. The van der Waals surface area contributed by atoms with Gasteiger partial charge in [-0.2, -0.15) is 0 Å². The van der Waals surface area contributed by atoms with E-state index in [2.05, 4.69) is 10.1 Å². The topological polar surface area (TPSA) is 90.9 Å². The van der Waals surface area contributed by atoms with Crippen LogP contribution in [0, 0.1) is 0 Å². The fourth-order valence-electron chi connectivity index (χ4n) is 2.43. The summed E-state index contributed by atoms with van der Waals surface area (Å²) in [6, 6.07) is 12.9. The first kappa shape index (κ1) is 19.0. The number of ether oxygens (including phenoxy) is 3. The van der Waals surface area contributed by atoms with Crippen LogP contribution in [-0.2, 0) is 14.3 Å². The number of carbonyl (C=O) groups excluding carboxylic acids is 3. The van der Waals surface area contributed by atoms with Crippen LogP contribution >= 0.6 is 0 Å². The van der Waals surface area contributed by atoms with Gasteiger partial charge < -0.3 is 14.2 Å². The van der Waals surface area contributed by atoms with Gasteiger partial charge in [0.25, 0.3) is 0 Å². The summed E-state index contributed by atoms with van der Waals surface area (Å²) in [5.41, 5.74) is 0.867. The first-order chi connectivity index (χ1) is 12.5. The van der Waals surface area contributed by atoms with Crippen LogP contribution in [0.25, 0.3) is 0 Å². The number of ketones is 1. The second-order valence-electron chi connectivity index (χ2n) is 5.26. The lowest BCUT2D eigenvalue weighted by Gasteiger charge is -2.17. The predicted molar refractivity (Wildman–Crippen MR) is 94.6 cm³/mol. The third-order valence-electron chi connectivity index (χ3n) is 3.76. The standard InChI is InChI=1S/C19H19NO6/c1-24-13-10-8-12(9-11-13)16(18(22)25-2)17(21)14-6-4-5-7-15(14)20-19(23)26-3/h4-11,16H,1-3H3,(H,20,23). The molecule has 0 spiro atoms. The fraction of sp³-hybridized carbons (Fsp3) is 0.211. The van der Waals surface area contributed by atoms with E-state index in [-0.39, 0.29) is 11.3 Å². The maximum absolute atomic E-state index is 13.1. The molecule has 0 aliphatic heterocycles. The van der Waals surface area contributed by atoms with E-state index in [4.69, 9.17) is 9.47 Å². The SMILES string of the molecule is COC(=O)Nc1ccccc1C(=O)C(C(=O)OC)c1ccc(OC)cc1. The molecule has 136 valence electrons. The van der Waals surface area contributed by atoms with Crippen molar-refractivity contribution in [2.24, 2.45) is 0 Å². The lowest BCUT2D eigenvalue weighted by atomic mass is 9.90. The Morgan fingerprint density at radius 1 is 0.885 bits per heavy atom. The van der Waals surface area contributed by atoms with E-state index in [1.807, 2.05) is 0 Å². The van der Waals surface area contributed by atoms with Crippen LogP contribution in [0.1, 0.15) is 21.8 Å². The molecule has 7 nitrogen and oxygen atoms in total. The van der Waals surface area contributed by atoms with E-state index in [0.29, 0.717) is 11.3 Å². The van der Waals surface area contributed by atoms with Crippen molar-refractivity contribution in [3.05, 3.63) is 59.7 Å². The molecular weight excluding hydrogens is 338 g/mol. The summed E-state index contributed by atoms with van der Waals surface area (Å²) in [4.78, 5) is 36.9. The molecule has 0 bridgehead atoms. The molecule has 1 N–H and O–H groups in total. The highest BCUT2D eigenvalue weighted by molar-refractivity contribution is 6.16. The Hall–Kier alpha value is -3.35. The minimum atomic E-state index is -1.17. The summed E-state index contributed by atoms with van der Waals surface area (Å²) in [5, 5.41) is 2.47. The van der Waals surface area contributed by atoms with E-state index >= 15 is 0 Å². The molecule has 2 aromatic rings. The minimum Gasteiger partial charge on any atom is -0.497 e. The molecule has 7 heteroatoms. The van der Waals surface area contributed by atoms with Gasteiger partial charge >= 0.3 is 12.1 Å². The second kappa shape index (κ2) is 8.66. The van der Waals surface area contributed by atoms with Crippen LogP contribution in [0.3, 0.4) is 0 Å². The molecule has 0 aromatic heterocycles. The monoisotopic (exact) mass is 357 g/mol. The predicted octanol–water partition coefficient (Wildman–Crippen LogP) is 3.01. The molecule has 1 atom stereocenters. The van der Waals surface area contributed by atoms with Crippen molar-refractivity contribution in [3.63, 3.8) is 0 Å². The van der Waals surface area contributed by atoms with Crippen molar-refractivity contribution in [3.8, 4) is 5.75 Å². The van der Waals surface area contributed by atoms with E-state index in [1.165, 1.54) is 27.4 Å². The second-order valence-corrected chi connectivity index (χ2v) is 5.26. The molecule has 0 fully saturated rings. The molecule has 0 saturated heterocycles. The summed E-state index contributed by atoms with van der Waals surface area (Å²) in [6.45, 7) is 0. The third kappa shape index (κ3) is 4.18. The summed E-state index contributed by atoms with van der Waals surface area (Å²) < 4.78 is 14.5. The Balaban J connectivity index is 2.44. The Kier molecular flexibility index (Phi) is 6.32. The van der Waals surface area contributed by atoms with Gasteiger partial charge in [-0.25, -0.2) is 4.79 Å². The highest BCUT2D eigenvalue weighted by Crippen LogP contribution is 2.28. The van der Waals surface area contributed by atoms with Gasteiger partial charge in [0, 0.05) is 5.56 Å². The lowest BCUT2D eigenvalue weighted by Crippen LogP contribution is -2.25. The van der Waals surface area contributed by atoms with Gasteiger partial charge in [0.2, 0.25) is 0 Å². The summed E-state index contributed by atoms with van der Waals surface area (Å²) in [6.07, 6.45) is -0.718. The maximum Gasteiger partial charge on any atom is 0.411 e. The molecular formula is C19H19NO6. The first-order valence-electron chi connectivity index (χ1n) is 7.71. The van der Waals surface area contributed by atoms with Crippen LogP contribution in [0.5, 0.6) is 5.75 Å². The van der Waals surface area contributed by atoms with Crippen molar-refractivity contribution in [2.45, 2.75) is 5.92 Å². The number of amides is 1. The Morgan fingerprint density at radius 2 is 1.54 bits per heavy atom. The van der Waals surface area contributed by atoms with E-state index in [0.717, 1.165) is 0 Å². The van der Waals surface area contributed by atoms with Gasteiger partial charge in [0.1, 0.15) is 11.7 Å². The highest BCUT2D eigenvalue weighted by atomic mass is 16.5. The quantitative estimate of drug-likeness (QED) is 0.485. The van der Waals surface area contributed by atoms with Crippen LogP contribution in [-0.4, -0.2) is 39.2 Å². The number of methoxy groups -OCH3 is 3. The number of rotatable bonds is 6. The van der Waals surface area contributed by atoms with Gasteiger partial charge in [0.05, 0.1) is 27.0 Å². The van der Waals surface area contributed by atoms with Gasteiger partial charge in [-0.3, -0.25) is 14.9 Å². The van der Waals surface area contributed by atoms with Crippen LogP contribution in [0.15, 0.2) is 48.5 Å². The number of nitrogens with one attached hydrogen (secondary N) is 1. The summed E-state index contributed by atoms with van der Waals surface area (Å²) >= 11 is 0. The Bertz CT molecular complexity index is 800. The first-order valence-corrected chi connectivity index (χ1v) is 7.71. The zero-order valence-electron chi connectivity index (χ0n) is 14.6. The van der Waals surface area contributed by atoms with Gasteiger partial charge in [0.15, 0.2) is 5.78 Å². The molecule has 2 aromatic carbocycles. The summed E-state index contributed by atoms with van der Waals surface area (Å²) in [7, 11) is 3.95. The van der Waals surface area contributed by atoms with E-state index in [9.17, 15) is 14.4 Å². The molecule has 26 heavy (non-hydrogen) atoms. The minimum absolute atomic E-state index is 0.170. The van der Waals surface area contributed by atoms with Crippen LogP contribution in [0.2, 0.25) is 0 Å². The number of Topliss-reactive ketones (excluding diaryl/α,β-unsaturated/α-hetero) is 1.